The van der Waals surface area contributed by atoms with Gasteiger partial charge in [-0.05, 0) is 37.2 Å². The van der Waals surface area contributed by atoms with E-state index >= 15 is 0 Å². The molecule has 1 aromatic rings. The average Bonchev–Trinajstić information content (AvgIpc) is 2.97. The van der Waals surface area contributed by atoms with Crippen LogP contribution in [-0.4, -0.2) is 104 Å². The molecule has 12 heteroatoms. The van der Waals surface area contributed by atoms with Gasteiger partial charge in [0.05, 0.1) is 0 Å². The van der Waals surface area contributed by atoms with Gasteiger partial charge in [0.2, 0.25) is 0 Å². The van der Waals surface area contributed by atoms with E-state index in [1.165, 1.54) is 26.9 Å². The molecule has 0 aromatic heterocycles. The van der Waals surface area contributed by atoms with Crippen LogP contribution in [-0.2, 0) is 36.1 Å². The fraction of sp³-hybridized carbons (Fsp3) is 0.519. The Morgan fingerprint density at radius 1 is 0.923 bits per heavy atom. The van der Waals surface area contributed by atoms with Gasteiger partial charge in [-0.3, -0.25) is 4.90 Å². The quantitative estimate of drug-likeness (QED) is 0.148. The molecule has 222 valence electrons. The summed E-state index contributed by atoms with van der Waals surface area (Å²) in [4.78, 5) is 13.4. The number of nitrogens with two attached hydrogens (primary N) is 1. The first kappa shape index (κ1) is 37.0. The normalized spacial score (nSPS) is 12.1. The number of hydrogen-bond donors (Lipinski definition) is 1. The van der Waals surface area contributed by atoms with E-state index in [1.807, 2.05) is 18.2 Å². The van der Waals surface area contributed by atoms with Crippen LogP contribution in [0.15, 0.2) is 60.3 Å². The van der Waals surface area contributed by atoms with E-state index in [0.29, 0.717) is 12.1 Å². The van der Waals surface area contributed by atoms with Crippen molar-refractivity contribution in [2.75, 3.05) is 75.4 Å². The maximum Gasteiger partial charge on any atom is 0.528 e. The van der Waals surface area contributed by atoms with Crippen molar-refractivity contribution in [2.45, 2.75) is 19.4 Å². The first-order valence-electron chi connectivity index (χ1n) is 12.7. The molecule has 0 atom stereocenters. The molecule has 0 fully saturated rings. The fourth-order valence-electron chi connectivity index (χ4n) is 3.35. The Balaban J connectivity index is 0.000000794. The van der Waals surface area contributed by atoms with Crippen LogP contribution in [0, 0.1) is 0 Å². The maximum atomic E-state index is 11.0. The van der Waals surface area contributed by atoms with Crippen molar-refractivity contribution in [2.24, 2.45) is 5.73 Å². The van der Waals surface area contributed by atoms with E-state index in [-0.39, 0.29) is 6.61 Å². The van der Waals surface area contributed by atoms with Crippen LogP contribution in [0.4, 0.5) is 0 Å². The summed E-state index contributed by atoms with van der Waals surface area (Å²) < 4.78 is 36.6. The zero-order valence-electron chi connectivity index (χ0n) is 24.6. The molecule has 0 bridgehead atoms. The van der Waals surface area contributed by atoms with Gasteiger partial charge in [0.15, 0.2) is 0 Å². The molecule has 0 spiro atoms. The molecule has 1 rings (SSSR count). The minimum Gasteiger partial charge on any atom is -0.458 e. The Morgan fingerprint density at radius 2 is 1.51 bits per heavy atom. The van der Waals surface area contributed by atoms with Gasteiger partial charge >= 0.3 is 23.6 Å². The number of esters is 1. The zero-order chi connectivity index (χ0) is 29.6. The monoisotopic (exact) mass is 584 g/mol. The van der Waals surface area contributed by atoms with Gasteiger partial charge in [-0.1, -0.05) is 49.1 Å². The lowest BCUT2D eigenvalue weighted by Gasteiger charge is -2.26. The van der Waals surface area contributed by atoms with Gasteiger partial charge in [0.25, 0.3) is 0 Å². The van der Waals surface area contributed by atoms with E-state index in [0.717, 1.165) is 32.1 Å². The summed E-state index contributed by atoms with van der Waals surface area (Å²) in [6.45, 7) is 8.55. The van der Waals surface area contributed by atoms with Crippen molar-refractivity contribution in [1.82, 2.24) is 4.90 Å². The summed E-state index contributed by atoms with van der Waals surface area (Å²) in [6, 6.07) is 11.1. The number of rotatable bonds is 19. The SMILES string of the molecule is C=C(C)C(=O)OCC=C[Si](OC)(OC)OC.CO[Si](CCCN(CC=Cc1ccccc1)CCN)(OC)OC. The van der Waals surface area contributed by atoms with E-state index in [4.69, 9.17) is 37.0 Å². The number of carbonyl (C=O) groups is 1. The molecule has 0 saturated carbocycles. The lowest BCUT2D eigenvalue weighted by Crippen LogP contribution is -2.43. The highest BCUT2D eigenvalue weighted by Gasteiger charge is 2.37. The molecule has 0 heterocycles. The topological polar surface area (TPSA) is 111 Å². The second-order valence-electron chi connectivity index (χ2n) is 8.30. The molecule has 0 amide bonds. The molecule has 0 unspecified atom stereocenters. The minimum absolute atomic E-state index is 0.135. The Bertz CT molecular complexity index is 831. The molecule has 0 aliphatic carbocycles. The summed E-state index contributed by atoms with van der Waals surface area (Å²) >= 11 is 0. The second kappa shape index (κ2) is 21.8. The van der Waals surface area contributed by atoms with Crippen molar-refractivity contribution < 1.29 is 36.1 Å². The number of benzene rings is 1. The number of carbonyl (C=O) groups excluding carboxylic acids is 1. The third-order valence-electron chi connectivity index (χ3n) is 5.64. The van der Waals surface area contributed by atoms with Gasteiger partial charge in [-0.15, -0.1) is 0 Å². The largest absolute Gasteiger partial charge is 0.528 e. The lowest BCUT2D eigenvalue weighted by atomic mass is 10.2. The molecule has 0 radical (unpaired) electrons. The smallest absolute Gasteiger partial charge is 0.458 e. The molecule has 2 N–H and O–H groups in total. The van der Waals surface area contributed by atoms with Gasteiger partial charge < -0.3 is 37.0 Å². The van der Waals surface area contributed by atoms with Crippen molar-refractivity contribution in [1.29, 1.82) is 0 Å². The lowest BCUT2D eigenvalue weighted by molar-refractivity contribution is -0.137. The van der Waals surface area contributed by atoms with Crippen LogP contribution in [0.2, 0.25) is 6.04 Å². The Hall–Kier alpha value is -1.98. The molecule has 39 heavy (non-hydrogen) atoms. The van der Waals surface area contributed by atoms with Gasteiger partial charge in [0.1, 0.15) is 6.61 Å². The second-order valence-corrected chi connectivity index (χ2v) is 14.2. The van der Waals surface area contributed by atoms with Crippen LogP contribution in [0.1, 0.15) is 18.9 Å². The molecule has 0 aliphatic heterocycles. The van der Waals surface area contributed by atoms with Crippen LogP contribution in [0.25, 0.3) is 6.08 Å². The van der Waals surface area contributed by atoms with Crippen LogP contribution in [0.5, 0.6) is 0 Å². The van der Waals surface area contributed by atoms with Crippen LogP contribution in [0.3, 0.4) is 0 Å². The number of nitrogens with zero attached hydrogens (tertiary/aromatic N) is 1. The van der Waals surface area contributed by atoms with Crippen LogP contribution >= 0.6 is 0 Å². The summed E-state index contributed by atoms with van der Waals surface area (Å²) in [6.07, 6.45) is 6.91. The minimum atomic E-state index is -2.71. The third kappa shape index (κ3) is 15.4. The molecule has 1 aromatic carbocycles. The highest BCUT2D eigenvalue weighted by molar-refractivity contribution is 6.66. The van der Waals surface area contributed by atoms with E-state index in [1.54, 1.807) is 40.0 Å². The Morgan fingerprint density at radius 3 is 2.00 bits per heavy atom. The van der Waals surface area contributed by atoms with E-state index in [2.05, 4.69) is 35.8 Å². The maximum absolute atomic E-state index is 11.0. The first-order chi connectivity index (χ1) is 18.7. The summed E-state index contributed by atoms with van der Waals surface area (Å²) in [7, 11) is 4.29. The molecule has 0 saturated heterocycles. The highest BCUT2D eigenvalue weighted by Crippen LogP contribution is 2.15. The molecular formula is C27H48N2O8Si2. The van der Waals surface area contributed by atoms with Gasteiger partial charge in [0, 0.05) is 73.9 Å². The Kier molecular flexibility index (Phi) is 20.7. The molecule has 10 nitrogen and oxygen atoms in total. The Labute approximate surface area is 237 Å². The fourth-order valence-corrected chi connectivity index (χ4v) is 6.34. The number of ether oxygens (including phenoxy) is 1. The highest BCUT2D eigenvalue weighted by atomic mass is 28.4. The zero-order valence-corrected chi connectivity index (χ0v) is 26.6. The van der Waals surface area contributed by atoms with Crippen molar-refractivity contribution >= 4 is 29.7 Å². The first-order valence-corrected chi connectivity index (χ1v) is 16.4. The predicted molar refractivity (Wildman–Crippen MR) is 159 cm³/mol. The predicted octanol–water partition coefficient (Wildman–Crippen LogP) is 3.31. The van der Waals surface area contributed by atoms with Gasteiger partial charge in [-0.2, -0.15) is 0 Å². The average molecular weight is 585 g/mol. The standard InChI is InChI=1S/C17H30N2O3Si.C10H18O5Si/c1-20-23(21-2,22-3)16-8-14-19(15-12-18)13-7-11-17-9-5-4-6-10-17;1-9(2)10(11)15-7-6-8-16(12-3,13-4)14-5/h4-7,9-11H,8,12-16,18H2,1-3H3;6,8H,1,7H2,2-5H3. The summed E-state index contributed by atoms with van der Waals surface area (Å²) in [5.41, 5.74) is 8.94. The van der Waals surface area contributed by atoms with E-state index < -0.39 is 23.6 Å². The van der Waals surface area contributed by atoms with Crippen molar-refractivity contribution in [3.05, 3.63) is 65.9 Å². The summed E-state index contributed by atoms with van der Waals surface area (Å²) in [5.74, 6) is -0.427. The van der Waals surface area contributed by atoms with Gasteiger partial charge in [-0.25, -0.2) is 4.79 Å². The third-order valence-corrected chi connectivity index (χ3v) is 10.8. The molecular weight excluding hydrogens is 536 g/mol. The van der Waals surface area contributed by atoms with Crippen LogP contribution < -0.4 is 5.73 Å². The van der Waals surface area contributed by atoms with Crippen molar-refractivity contribution in [3.8, 4) is 0 Å². The van der Waals surface area contributed by atoms with Crippen molar-refractivity contribution in [3.63, 3.8) is 0 Å². The van der Waals surface area contributed by atoms with E-state index in [9.17, 15) is 4.79 Å². The summed E-state index contributed by atoms with van der Waals surface area (Å²) in [5, 5.41) is 0. The number of hydrogen-bond acceptors (Lipinski definition) is 10. The molecule has 0 aliphatic rings.